The molecule has 0 radical (unpaired) electrons. The summed E-state index contributed by atoms with van der Waals surface area (Å²) in [6.45, 7) is 2.86. The molecule has 9 heteroatoms. The van der Waals surface area contributed by atoms with Crippen LogP contribution in [0.4, 0.5) is 33.0 Å². The van der Waals surface area contributed by atoms with Crippen molar-refractivity contribution >= 4 is 28.6 Å². The number of nitrogens with one attached hydrogen (secondary N) is 1. The normalized spacial score (nSPS) is 14.0. The van der Waals surface area contributed by atoms with Gasteiger partial charge in [0.15, 0.2) is 11.6 Å². The van der Waals surface area contributed by atoms with Crippen LogP contribution in [0.3, 0.4) is 0 Å². The fourth-order valence-electron chi connectivity index (χ4n) is 3.43. The van der Waals surface area contributed by atoms with E-state index in [4.69, 9.17) is 16.2 Å². The first-order valence-electron chi connectivity index (χ1n) is 9.55. The van der Waals surface area contributed by atoms with Gasteiger partial charge in [-0.3, -0.25) is 4.79 Å². The van der Waals surface area contributed by atoms with Crippen molar-refractivity contribution < 1.29 is 9.13 Å². The van der Waals surface area contributed by atoms with E-state index in [1.54, 1.807) is 25.2 Å². The van der Waals surface area contributed by atoms with E-state index < -0.39 is 5.82 Å². The van der Waals surface area contributed by atoms with Gasteiger partial charge < -0.3 is 31.0 Å². The number of aromatic nitrogens is 2. The Morgan fingerprint density at radius 3 is 2.63 bits per heavy atom. The van der Waals surface area contributed by atoms with Gasteiger partial charge in [-0.2, -0.15) is 0 Å². The third kappa shape index (κ3) is 3.79. The van der Waals surface area contributed by atoms with Gasteiger partial charge >= 0.3 is 0 Å². The van der Waals surface area contributed by atoms with Crippen LogP contribution in [0.5, 0.6) is 0 Å². The van der Waals surface area contributed by atoms with Crippen LogP contribution in [0.25, 0.3) is 11.3 Å². The molecule has 0 spiro atoms. The summed E-state index contributed by atoms with van der Waals surface area (Å²) in [6, 6.07) is 10.2. The zero-order valence-corrected chi connectivity index (χ0v) is 16.6. The fourth-order valence-corrected chi connectivity index (χ4v) is 3.43. The lowest BCUT2D eigenvalue weighted by Crippen LogP contribution is -2.36. The Morgan fingerprint density at radius 2 is 1.90 bits per heavy atom. The Balaban J connectivity index is 1.66. The molecule has 3 aromatic rings. The minimum absolute atomic E-state index is 0.0177. The molecule has 0 atom stereocenters. The summed E-state index contributed by atoms with van der Waals surface area (Å²) < 4.78 is 21.2. The van der Waals surface area contributed by atoms with Crippen molar-refractivity contribution in [1.82, 2.24) is 9.55 Å². The van der Waals surface area contributed by atoms with E-state index >= 15 is 0 Å². The molecule has 5 N–H and O–H groups in total. The number of rotatable bonds is 4. The van der Waals surface area contributed by atoms with Crippen LogP contribution in [0.1, 0.15) is 0 Å². The number of anilines is 5. The molecule has 1 aliphatic rings. The van der Waals surface area contributed by atoms with Crippen molar-refractivity contribution in [3.8, 4) is 11.3 Å². The van der Waals surface area contributed by atoms with Gasteiger partial charge in [-0.05, 0) is 30.3 Å². The minimum Gasteiger partial charge on any atom is -0.397 e. The standard InChI is InChI=1S/C21H23FN6O2/c1-27-12-17(14-3-2-4-15(23)19(14)22)26-20(21(27)29)25-13-5-6-18(16(24)11-13)28-7-9-30-10-8-28/h2-6,11-12H,7-10,23-24H2,1H3,(H,25,26). The number of nitrogens with two attached hydrogens (primary N) is 2. The molecule has 156 valence electrons. The summed E-state index contributed by atoms with van der Waals surface area (Å²) in [5.41, 5.74) is 14.2. The van der Waals surface area contributed by atoms with Crippen LogP contribution < -0.4 is 27.2 Å². The Hall–Kier alpha value is -3.59. The molecule has 1 fully saturated rings. The summed E-state index contributed by atoms with van der Waals surface area (Å²) in [5, 5.41) is 3.01. The molecule has 8 nitrogen and oxygen atoms in total. The lowest BCUT2D eigenvalue weighted by molar-refractivity contribution is 0.123. The van der Waals surface area contributed by atoms with E-state index in [9.17, 15) is 9.18 Å². The number of hydrogen-bond donors (Lipinski definition) is 3. The lowest BCUT2D eigenvalue weighted by Gasteiger charge is -2.30. The van der Waals surface area contributed by atoms with Crippen molar-refractivity contribution in [2.24, 2.45) is 7.05 Å². The van der Waals surface area contributed by atoms with Gasteiger partial charge in [0.25, 0.3) is 5.56 Å². The van der Waals surface area contributed by atoms with E-state index in [0.717, 1.165) is 18.8 Å². The van der Waals surface area contributed by atoms with Crippen LogP contribution in [-0.4, -0.2) is 35.9 Å². The molecule has 0 aliphatic carbocycles. The number of nitrogens with zero attached hydrogens (tertiary/aromatic N) is 3. The number of hydrogen-bond acceptors (Lipinski definition) is 7. The van der Waals surface area contributed by atoms with Crippen LogP contribution in [0, 0.1) is 5.82 Å². The van der Waals surface area contributed by atoms with E-state index in [2.05, 4.69) is 15.2 Å². The maximum absolute atomic E-state index is 14.4. The summed E-state index contributed by atoms with van der Waals surface area (Å²) in [4.78, 5) is 19.1. The third-order valence-electron chi connectivity index (χ3n) is 5.02. The summed E-state index contributed by atoms with van der Waals surface area (Å²) >= 11 is 0. The average molecular weight is 410 g/mol. The van der Waals surface area contributed by atoms with E-state index in [1.807, 2.05) is 12.1 Å². The lowest BCUT2D eigenvalue weighted by atomic mass is 10.1. The third-order valence-corrected chi connectivity index (χ3v) is 5.02. The van der Waals surface area contributed by atoms with Crippen molar-refractivity contribution in [2.75, 3.05) is 48.0 Å². The molecule has 0 amide bonds. The molecule has 1 aliphatic heterocycles. The van der Waals surface area contributed by atoms with Crippen LogP contribution >= 0.6 is 0 Å². The van der Waals surface area contributed by atoms with Crippen molar-refractivity contribution in [1.29, 1.82) is 0 Å². The highest BCUT2D eigenvalue weighted by molar-refractivity contribution is 5.75. The van der Waals surface area contributed by atoms with Crippen LogP contribution in [-0.2, 0) is 11.8 Å². The highest BCUT2D eigenvalue weighted by Crippen LogP contribution is 2.29. The first-order valence-corrected chi connectivity index (χ1v) is 9.55. The van der Waals surface area contributed by atoms with Crippen molar-refractivity contribution in [2.45, 2.75) is 0 Å². The average Bonchev–Trinajstić information content (AvgIpc) is 2.74. The second kappa shape index (κ2) is 8.03. The molecule has 2 heterocycles. The minimum atomic E-state index is -0.575. The van der Waals surface area contributed by atoms with Crippen LogP contribution in [0.15, 0.2) is 47.4 Å². The number of halogens is 1. The molecule has 0 bridgehead atoms. The zero-order chi connectivity index (χ0) is 21.3. The Morgan fingerprint density at radius 1 is 1.13 bits per heavy atom. The molecule has 30 heavy (non-hydrogen) atoms. The topological polar surface area (TPSA) is 111 Å². The first-order chi connectivity index (χ1) is 14.4. The monoisotopic (exact) mass is 410 g/mol. The predicted octanol–water partition coefficient (Wildman–Crippen LogP) is 2.33. The highest BCUT2D eigenvalue weighted by Gasteiger charge is 2.16. The largest absolute Gasteiger partial charge is 0.397 e. The maximum Gasteiger partial charge on any atom is 0.293 e. The molecular weight excluding hydrogens is 387 g/mol. The molecule has 0 unspecified atom stereocenters. The van der Waals surface area contributed by atoms with Crippen LogP contribution in [0.2, 0.25) is 0 Å². The zero-order valence-electron chi connectivity index (χ0n) is 16.6. The van der Waals surface area contributed by atoms with Crippen molar-refractivity contribution in [3.63, 3.8) is 0 Å². The predicted molar refractivity (Wildman–Crippen MR) is 116 cm³/mol. The Labute approximate surface area is 172 Å². The number of aryl methyl sites for hydroxylation is 1. The molecule has 4 rings (SSSR count). The smallest absolute Gasteiger partial charge is 0.293 e. The number of ether oxygens (including phenoxy) is 1. The number of morpholine rings is 1. The molecule has 0 saturated carbocycles. The quantitative estimate of drug-likeness (QED) is 0.566. The molecule has 1 aromatic heterocycles. The molecule has 1 saturated heterocycles. The maximum atomic E-state index is 14.4. The van der Waals surface area contributed by atoms with E-state index in [-0.39, 0.29) is 22.6 Å². The Bertz CT molecular complexity index is 1140. The van der Waals surface area contributed by atoms with Gasteiger partial charge in [0.2, 0.25) is 0 Å². The first kappa shape index (κ1) is 19.7. The second-order valence-corrected chi connectivity index (χ2v) is 7.10. The summed E-state index contributed by atoms with van der Waals surface area (Å²) in [5.74, 6) is -0.510. The SMILES string of the molecule is Cn1cc(-c2cccc(N)c2F)nc(Nc2ccc(N3CCOCC3)c(N)c2)c1=O. The summed E-state index contributed by atoms with van der Waals surface area (Å²) in [7, 11) is 1.58. The fraction of sp³-hybridized carbons (Fsp3) is 0.238. The molecule has 2 aromatic carbocycles. The molecular formula is C21H23FN6O2. The van der Waals surface area contributed by atoms with E-state index in [0.29, 0.717) is 30.3 Å². The van der Waals surface area contributed by atoms with Gasteiger partial charge in [-0.25, -0.2) is 9.37 Å². The van der Waals surface area contributed by atoms with Gasteiger partial charge in [0.05, 0.1) is 36.0 Å². The van der Waals surface area contributed by atoms with Gasteiger partial charge in [0.1, 0.15) is 0 Å². The van der Waals surface area contributed by atoms with Gasteiger partial charge in [-0.15, -0.1) is 0 Å². The van der Waals surface area contributed by atoms with Gasteiger partial charge in [-0.1, -0.05) is 6.07 Å². The second-order valence-electron chi connectivity index (χ2n) is 7.10. The number of benzene rings is 2. The summed E-state index contributed by atoms with van der Waals surface area (Å²) in [6.07, 6.45) is 1.47. The number of nitrogen functional groups attached to an aromatic ring is 2. The van der Waals surface area contributed by atoms with Crippen molar-refractivity contribution in [3.05, 3.63) is 58.8 Å². The Kier molecular flexibility index (Phi) is 5.28. The van der Waals surface area contributed by atoms with E-state index in [1.165, 1.54) is 16.8 Å². The van der Waals surface area contributed by atoms with Gasteiger partial charge in [0, 0.05) is 37.6 Å². The highest BCUT2D eigenvalue weighted by atomic mass is 19.1.